The number of hydrogen-bond donors (Lipinski definition) is 3. The van der Waals surface area contributed by atoms with Gasteiger partial charge in [0, 0.05) is 43.8 Å². The van der Waals surface area contributed by atoms with Crippen molar-refractivity contribution >= 4 is 39.9 Å². The Morgan fingerprint density at radius 3 is 2.83 bits per heavy atom. The maximum atomic E-state index is 13.8. The number of fused-ring (bicyclic) bond motifs is 1. The number of piperazine rings is 1. The molecule has 0 atom stereocenters. The minimum atomic E-state index is -1.12. The number of aliphatic hydroxyl groups excluding tert-OH is 1. The maximum Gasteiger partial charge on any atom is 0.246 e. The summed E-state index contributed by atoms with van der Waals surface area (Å²) in [7, 11) is 0. The first-order chi connectivity index (χ1) is 20.4. The average Bonchev–Trinajstić information content (AvgIpc) is 3.41. The molecule has 0 radical (unpaired) electrons. The molecule has 1 fully saturated rings. The van der Waals surface area contributed by atoms with Gasteiger partial charge in [0.2, 0.25) is 11.8 Å². The van der Waals surface area contributed by atoms with Crippen molar-refractivity contribution in [1.29, 1.82) is 0 Å². The van der Waals surface area contributed by atoms with Crippen LogP contribution in [0.2, 0.25) is 0 Å². The summed E-state index contributed by atoms with van der Waals surface area (Å²) in [4.78, 5) is 36.9. The normalized spacial score (nSPS) is 13.9. The van der Waals surface area contributed by atoms with Crippen LogP contribution >= 0.6 is 0 Å². The zero-order valence-electron chi connectivity index (χ0n) is 22.7. The largest absolute Gasteiger partial charge is 0.493 e. The quantitative estimate of drug-likeness (QED) is 0.216. The zero-order chi connectivity index (χ0) is 29.5. The average molecular weight is 581 g/mol. The summed E-state index contributed by atoms with van der Waals surface area (Å²) < 4.78 is 34.5. The van der Waals surface area contributed by atoms with Gasteiger partial charge >= 0.3 is 0 Å². The van der Waals surface area contributed by atoms with Crippen LogP contribution in [-0.4, -0.2) is 92.4 Å². The van der Waals surface area contributed by atoms with Crippen LogP contribution in [0.5, 0.6) is 5.75 Å². The van der Waals surface area contributed by atoms with Crippen LogP contribution in [0.4, 0.5) is 26.0 Å². The molecule has 0 spiro atoms. The number of hydrogen-bond acceptors (Lipinski definition) is 9. The van der Waals surface area contributed by atoms with Gasteiger partial charge in [0.25, 0.3) is 0 Å². The van der Waals surface area contributed by atoms with E-state index in [9.17, 15) is 18.4 Å². The number of benzene rings is 2. The molecule has 2 aromatic carbocycles. The highest BCUT2D eigenvalue weighted by Crippen LogP contribution is 2.26. The van der Waals surface area contributed by atoms with Gasteiger partial charge in [-0.1, -0.05) is 6.07 Å². The van der Waals surface area contributed by atoms with Crippen LogP contribution in [0.25, 0.3) is 10.9 Å². The smallest absolute Gasteiger partial charge is 0.246 e. The number of nitrogens with zero attached hydrogens (tertiary/aromatic N) is 6. The SMILES string of the molecule is O=C(Cn1cc(Nc2ncnc3cc(OCCCN4CCN(CCO)C(=O)C4)ccc23)cn1)Nc1cccc(F)c1F. The Morgan fingerprint density at radius 1 is 1.12 bits per heavy atom. The molecule has 3 heterocycles. The summed E-state index contributed by atoms with van der Waals surface area (Å²) in [5.74, 6) is -1.52. The fourth-order valence-corrected chi connectivity index (χ4v) is 4.60. The Labute approximate surface area is 239 Å². The highest BCUT2D eigenvalue weighted by molar-refractivity contribution is 5.92. The molecular weight excluding hydrogens is 550 g/mol. The summed E-state index contributed by atoms with van der Waals surface area (Å²) in [5, 5.41) is 19.4. The van der Waals surface area contributed by atoms with E-state index in [2.05, 4.69) is 30.6 Å². The van der Waals surface area contributed by atoms with E-state index in [1.165, 1.54) is 29.3 Å². The molecule has 3 N–H and O–H groups in total. The van der Waals surface area contributed by atoms with Gasteiger partial charge in [0.1, 0.15) is 24.4 Å². The molecule has 0 bridgehead atoms. The lowest BCUT2D eigenvalue weighted by molar-refractivity contribution is -0.136. The molecule has 0 saturated carbocycles. The van der Waals surface area contributed by atoms with Crippen LogP contribution in [-0.2, 0) is 16.1 Å². The van der Waals surface area contributed by atoms with Crippen molar-refractivity contribution in [3.05, 3.63) is 66.8 Å². The minimum absolute atomic E-state index is 0.0247. The van der Waals surface area contributed by atoms with Crippen molar-refractivity contribution in [2.24, 2.45) is 0 Å². The van der Waals surface area contributed by atoms with Gasteiger partial charge in [-0.3, -0.25) is 19.2 Å². The number of rotatable bonds is 12. The third-order valence-electron chi connectivity index (χ3n) is 6.69. The van der Waals surface area contributed by atoms with Gasteiger partial charge in [-0.05, 0) is 30.7 Å². The van der Waals surface area contributed by atoms with Crippen LogP contribution in [0.3, 0.4) is 0 Å². The van der Waals surface area contributed by atoms with Gasteiger partial charge in [0.15, 0.2) is 11.6 Å². The van der Waals surface area contributed by atoms with E-state index in [0.717, 1.165) is 31.0 Å². The first-order valence-corrected chi connectivity index (χ1v) is 13.4. The molecule has 1 saturated heterocycles. The molecule has 1 aliphatic rings. The number of ether oxygens (including phenoxy) is 1. The fraction of sp³-hybridized carbons (Fsp3) is 0.321. The van der Waals surface area contributed by atoms with Crippen LogP contribution in [0.15, 0.2) is 55.1 Å². The zero-order valence-corrected chi connectivity index (χ0v) is 22.7. The molecule has 5 rings (SSSR count). The standard InChI is InChI=1S/C28H30F2N8O4/c29-22-3-1-4-23(27(22)30)35-25(40)16-38-15-19(14-33-38)34-28-21-6-5-20(13-24(21)31-18-32-28)42-12-2-7-36-8-9-37(10-11-39)26(41)17-36/h1,3-6,13-15,18,39H,2,7-12,16-17H2,(H,35,40)(H,31,32,34). The van der Waals surface area contributed by atoms with Crippen molar-refractivity contribution in [3.8, 4) is 5.75 Å². The predicted molar refractivity (Wildman–Crippen MR) is 150 cm³/mol. The number of anilines is 3. The van der Waals surface area contributed by atoms with E-state index in [1.807, 2.05) is 18.2 Å². The van der Waals surface area contributed by atoms with E-state index < -0.39 is 17.5 Å². The molecular formula is C28H30F2N8O4. The monoisotopic (exact) mass is 580 g/mol. The number of carbonyl (C=O) groups is 2. The van der Waals surface area contributed by atoms with E-state index in [-0.39, 0.29) is 24.7 Å². The van der Waals surface area contributed by atoms with E-state index in [4.69, 9.17) is 9.84 Å². The lowest BCUT2D eigenvalue weighted by Gasteiger charge is -2.33. The molecule has 14 heteroatoms. The Balaban J connectivity index is 1.12. The van der Waals surface area contributed by atoms with Crippen molar-refractivity contribution < 1.29 is 28.2 Å². The van der Waals surface area contributed by atoms with E-state index in [0.29, 0.717) is 49.0 Å². The Bertz CT molecular complexity index is 1570. The van der Waals surface area contributed by atoms with Gasteiger partial charge in [-0.25, -0.2) is 18.7 Å². The van der Waals surface area contributed by atoms with Gasteiger partial charge in [-0.2, -0.15) is 5.10 Å². The molecule has 2 amide bonds. The first kappa shape index (κ1) is 28.8. The van der Waals surface area contributed by atoms with Crippen LogP contribution < -0.4 is 15.4 Å². The molecule has 220 valence electrons. The topological polar surface area (TPSA) is 138 Å². The van der Waals surface area contributed by atoms with Gasteiger partial charge in [0.05, 0.1) is 42.8 Å². The molecule has 4 aromatic rings. The minimum Gasteiger partial charge on any atom is -0.493 e. The van der Waals surface area contributed by atoms with Crippen molar-refractivity contribution in [1.82, 2.24) is 29.5 Å². The number of aromatic nitrogens is 4. The number of aliphatic hydroxyl groups is 1. The Kier molecular flexibility index (Phi) is 9.14. The lowest BCUT2D eigenvalue weighted by Crippen LogP contribution is -2.51. The molecule has 1 aliphatic heterocycles. The molecule has 2 aromatic heterocycles. The Morgan fingerprint density at radius 2 is 2.00 bits per heavy atom. The molecule has 12 nitrogen and oxygen atoms in total. The van der Waals surface area contributed by atoms with E-state index in [1.54, 1.807) is 11.1 Å². The highest BCUT2D eigenvalue weighted by Gasteiger charge is 2.22. The van der Waals surface area contributed by atoms with Gasteiger partial charge < -0.3 is 25.4 Å². The lowest BCUT2D eigenvalue weighted by atomic mass is 10.2. The highest BCUT2D eigenvalue weighted by atomic mass is 19.2. The number of carbonyl (C=O) groups excluding carboxylic acids is 2. The summed E-state index contributed by atoms with van der Waals surface area (Å²) >= 11 is 0. The fourth-order valence-electron chi connectivity index (χ4n) is 4.60. The summed E-state index contributed by atoms with van der Waals surface area (Å²) in [6, 6.07) is 9.04. The molecule has 0 unspecified atom stereocenters. The number of amides is 2. The van der Waals surface area contributed by atoms with Crippen molar-refractivity contribution in [2.45, 2.75) is 13.0 Å². The number of β-amino-alcohol motifs (C(OH)–C–C–N with tert-alkyl or cyclic N) is 1. The third kappa shape index (κ3) is 7.14. The number of nitrogens with one attached hydrogen (secondary N) is 2. The van der Waals surface area contributed by atoms with Crippen LogP contribution in [0.1, 0.15) is 6.42 Å². The van der Waals surface area contributed by atoms with E-state index >= 15 is 0 Å². The third-order valence-corrected chi connectivity index (χ3v) is 6.69. The second kappa shape index (κ2) is 13.3. The molecule has 42 heavy (non-hydrogen) atoms. The predicted octanol–water partition coefficient (Wildman–Crippen LogP) is 2.39. The van der Waals surface area contributed by atoms with Crippen molar-refractivity contribution in [2.75, 3.05) is 56.6 Å². The van der Waals surface area contributed by atoms with Crippen LogP contribution in [0, 0.1) is 11.6 Å². The summed E-state index contributed by atoms with van der Waals surface area (Å²) in [6.45, 7) is 3.10. The molecule has 0 aliphatic carbocycles. The summed E-state index contributed by atoms with van der Waals surface area (Å²) in [5.41, 5.74) is 0.987. The van der Waals surface area contributed by atoms with Crippen molar-refractivity contribution in [3.63, 3.8) is 0 Å². The second-order valence-corrected chi connectivity index (χ2v) is 9.68. The number of halogens is 2. The first-order valence-electron chi connectivity index (χ1n) is 13.4. The summed E-state index contributed by atoms with van der Waals surface area (Å²) in [6.07, 6.45) is 5.28. The second-order valence-electron chi connectivity index (χ2n) is 9.68. The van der Waals surface area contributed by atoms with Gasteiger partial charge in [-0.15, -0.1) is 0 Å². The maximum absolute atomic E-state index is 13.8. The Hall–Kier alpha value is -4.69.